The first-order chi connectivity index (χ1) is 9.31. The van der Waals surface area contributed by atoms with E-state index < -0.39 is 0 Å². The van der Waals surface area contributed by atoms with Gasteiger partial charge in [0.15, 0.2) is 0 Å². The van der Waals surface area contributed by atoms with Gasteiger partial charge in [-0.1, -0.05) is 30.3 Å². The smallest absolute Gasteiger partial charge is 0.131 e. The zero-order valence-electron chi connectivity index (χ0n) is 10.2. The van der Waals surface area contributed by atoms with Crippen molar-refractivity contribution >= 4 is 10.9 Å². The number of H-pyrrole nitrogens is 1. The third-order valence-corrected chi connectivity index (χ3v) is 3.22. The molecule has 19 heavy (non-hydrogen) atoms. The van der Waals surface area contributed by atoms with E-state index in [1.54, 1.807) is 12.1 Å². The van der Waals surface area contributed by atoms with Crippen molar-refractivity contribution in [2.45, 2.75) is 6.42 Å². The summed E-state index contributed by atoms with van der Waals surface area (Å²) in [7, 11) is 0. The molecule has 92 valence electrons. The highest BCUT2D eigenvalue weighted by Crippen LogP contribution is 2.32. The van der Waals surface area contributed by atoms with Crippen molar-refractivity contribution in [2.24, 2.45) is 0 Å². The van der Waals surface area contributed by atoms with Gasteiger partial charge in [0.2, 0.25) is 0 Å². The van der Waals surface area contributed by atoms with Crippen LogP contribution in [-0.2, 0) is 6.42 Å². The maximum absolute atomic E-state index is 14.0. The number of nitrogens with zero attached hydrogens (tertiary/aromatic N) is 1. The van der Waals surface area contributed by atoms with Gasteiger partial charge in [0.1, 0.15) is 5.82 Å². The molecule has 3 rings (SSSR count). The number of halogens is 1. The second-order valence-electron chi connectivity index (χ2n) is 4.36. The summed E-state index contributed by atoms with van der Waals surface area (Å²) in [6.07, 6.45) is 2.13. The Labute approximate surface area is 110 Å². The van der Waals surface area contributed by atoms with Crippen LogP contribution in [-0.4, -0.2) is 4.98 Å². The molecule has 3 heteroatoms. The van der Waals surface area contributed by atoms with Crippen molar-refractivity contribution in [1.29, 1.82) is 5.26 Å². The van der Waals surface area contributed by atoms with Crippen molar-refractivity contribution in [1.82, 2.24) is 4.98 Å². The number of rotatable bonds is 2. The van der Waals surface area contributed by atoms with E-state index in [9.17, 15) is 4.39 Å². The molecule has 0 radical (unpaired) electrons. The van der Waals surface area contributed by atoms with E-state index in [4.69, 9.17) is 5.26 Å². The van der Waals surface area contributed by atoms with Crippen molar-refractivity contribution in [2.75, 3.05) is 0 Å². The van der Waals surface area contributed by atoms with Gasteiger partial charge in [0.05, 0.1) is 12.5 Å². The Morgan fingerprint density at radius 3 is 2.63 bits per heavy atom. The maximum atomic E-state index is 14.0. The number of nitrogens with one attached hydrogen (secondary N) is 1. The lowest BCUT2D eigenvalue weighted by atomic mass is 9.98. The first kappa shape index (κ1) is 11.5. The molecule has 2 nitrogen and oxygen atoms in total. The summed E-state index contributed by atoms with van der Waals surface area (Å²) in [6.45, 7) is 0. The minimum Gasteiger partial charge on any atom is -0.361 e. The fourth-order valence-electron chi connectivity index (χ4n) is 2.38. The molecule has 0 unspecified atom stereocenters. The van der Waals surface area contributed by atoms with Crippen LogP contribution in [0.5, 0.6) is 0 Å². The summed E-state index contributed by atoms with van der Waals surface area (Å²) in [4.78, 5) is 3.13. The van der Waals surface area contributed by atoms with Gasteiger partial charge in [0.25, 0.3) is 0 Å². The molecule has 1 N–H and O–H groups in total. The van der Waals surface area contributed by atoms with Crippen LogP contribution >= 0.6 is 0 Å². The predicted molar refractivity (Wildman–Crippen MR) is 73.0 cm³/mol. The highest BCUT2D eigenvalue weighted by Gasteiger charge is 2.12. The first-order valence-corrected chi connectivity index (χ1v) is 6.02. The lowest BCUT2D eigenvalue weighted by Gasteiger charge is -2.06. The summed E-state index contributed by atoms with van der Waals surface area (Å²) >= 11 is 0. The van der Waals surface area contributed by atoms with E-state index in [2.05, 4.69) is 11.1 Å². The molecule has 2 aromatic carbocycles. The number of hydrogen-bond acceptors (Lipinski definition) is 1. The number of nitriles is 1. The molecule has 0 aliphatic heterocycles. The summed E-state index contributed by atoms with van der Waals surface area (Å²) in [5.74, 6) is -0.251. The molecule has 0 aliphatic carbocycles. The van der Waals surface area contributed by atoms with E-state index in [1.807, 2.05) is 30.5 Å². The Balaban J connectivity index is 2.33. The molecular formula is C16H11FN2. The van der Waals surface area contributed by atoms with Gasteiger partial charge >= 0.3 is 0 Å². The van der Waals surface area contributed by atoms with Gasteiger partial charge in [0, 0.05) is 22.7 Å². The van der Waals surface area contributed by atoms with Gasteiger partial charge in [-0.05, 0) is 23.3 Å². The van der Waals surface area contributed by atoms with E-state index in [0.29, 0.717) is 12.0 Å². The standard InChI is InChI=1S/C16H11FN2/c17-14-6-2-1-4-12(14)13-5-3-7-15-16(13)11(8-9-18)10-19-15/h1-7,10,19H,8H2. The van der Waals surface area contributed by atoms with E-state index in [0.717, 1.165) is 22.0 Å². The number of aromatic amines is 1. The van der Waals surface area contributed by atoms with Crippen LogP contribution in [0, 0.1) is 17.1 Å². The second-order valence-corrected chi connectivity index (χ2v) is 4.36. The summed E-state index contributed by atoms with van der Waals surface area (Å²) in [6, 6.07) is 14.5. The monoisotopic (exact) mass is 250 g/mol. The quantitative estimate of drug-likeness (QED) is 0.732. The third-order valence-electron chi connectivity index (χ3n) is 3.22. The molecule has 0 aliphatic rings. The van der Waals surface area contributed by atoms with Gasteiger partial charge in [-0.25, -0.2) is 4.39 Å². The van der Waals surface area contributed by atoms with E-state index in [1.165, 1.54) is 6.07 Å². The van der Waals surface area contributed by atoms with Crippen LogP contribution in [0.3, 0.4) is 0 Å². The normalized spacial score (nSPS) is 10.5. The Hall–Kier alpha value is -2.60. The molecule has 1 aromatic heterocycles. The summed E-state index contributed by atoms with van der Waals surface area (Å²) in [5.41, 5.74) is 3.20. The SMILES string of the molecule is N#CCc1c[nH]c2cccc(-c3ccccc3F)c12. The van der Waals surface area contributed by atoms with Crippen LogP contribution in [0.2, 0.25) is 0 Å². The van der Waals surface area contributed by atoms with Crippen LogP contribution in [0.25, 0.3) is 22.0 Å². The lowest BCUT2D eigenvalue weighted by molar-refractivity contribution is 0.631. The average Bonchev–Trinajstić information content (AvgIpc) is 2.83. The second kappa shape index (κ2) is 4.58. The topological polar surface area (TPSA) is 39.6 Å². The predicted octanol–water partition coefficient (Wildman–Crippen LogP) is 4.04. The molecule has 1 heterocycles. The molecule has 0 bridgehead atoms. The van der Waals surface area contributed by atoms with Crippen LogP contribution in [0.4, 0.5) is 4.39 Å². The molecule has 0 saturated heterocycles. The Morgan fingerprint density at radius 1 is 1.05 bits per heavy atom. The van der Waals surface area contributed by atoms with Crippen LogP contribution < -0.4 is 0 Å². The number of fused-ring (bicyclic) bond motifs is 1. The van der Waals surface area contributed by atoms with Crippen molar-refractivity contribution in [3.05, 3.63) is 60.0 Å². The van der Waals surface area contributed by atoms with E-state index in [-0.39, 0.29) is 5.82 Å². The fraction of sp³-hybridized carbons (Fsp3) is 0.0625. The zero-order valence-corrected chi connectivity index (χ0v) is 10.2. The highest BCUT2D eigenvalue weighted by atomic mass is 19.1. The molecule has 0 fully saturated rings. The van der Waals surface area contributed by atoms with Gasteiger partial charge in [-0.3, -0.25) is 0 Å². The molecular weight excluding hydrogens is 239 g/mol. The zero-order chi connectivity index (χ0) is 13.2. The van der Waals surface area contributed by atoms with Crippen molar-refractivity contribution in [3.63, 3.8) is 0 Å². The molecule has 0 spiro atoms. The van der Waals surface area contributed by atoms with Crippen molar-refractivity contribution < 1.29 is 4.39 Å². The minimum absolute atomic E-state index is 0.251. The molecule has 0 atom stereocenters. The first-order valence-electron chi connectivity index (χ1n) is 6.02. The Kier molecular flexibility index (Phi) is 2.77. The molecule has 0 saturated carbocycles. The molecule has 3 aromatic rings. The van der Waals surface area contributed by atoms with Gasteiger partial charge in [-0.2, -0.15) is 5.26 Å². The minimum atomic E-state index is -0.251. The fourth-order valence-corrected chi connectivity index (χ4v) is 2.38. The van der Waals surface area contributed by atoms with Crippen LogP contribution in [0.15, 0.2) is 48.7 Å². The van der Waals surface area contributed by atoms with Gasteiger partial charge < -0.3 is 4.98 Å². The lowest BCUT2D eigenvalue weighted by Crippen LogP contribution is -1.87. The Morgan fingerprint density at radius 2 is 1.84 bits per heavy atom. The third kappa shape index (κ3) is 1.88. The Bertz CT molecular complexity index is 781. The summed E-state index contributed by atoms with van der Waals surface area (Å²) in [5, 5.41) is 9.80. The summed E-state index contributed by atoms with van der Waals surface area (Å²) < 4.78 is 14.0. The van der Waals surface area contributed by atoms with Gasteiger partial charge in [-0.15, -0.1) is 0 Å². The average molecular weight is 250 g/mol. The van der Waals surface area contributed by atoms with E-state index >= 15 is 0 Å². The van der Waals surface area contributed by atoms with Crippen LogP contribution in [0.1, 0.15) is 5.56 Å². The number of benzene rings is 2. The molecule has 0 amide bonds. The largest absolute Gasteiger partial charge is 0.361 e. The number of aromatic nitrogens is 1. The number of hydrogen-bond donors (Lipinski definition) is 1. The highest BCUT2D eigenvalue weighted by molar-refractivity contribution is 5.97. The van der Waals surface area contributed by atoms with Crippen molar-refractivity contribution in [3.8, 4) is 17.2 Å². The maximum Gasteiger partial charge on any atom is 0.131 e.